The number of halogens is 1. The van der Waals surface area contributed by atoms with Crippen molar-refractivity contribution in [3.63, 3.8) is 0 Å². The molecule has 0 unspecified atom stereocenters. The van der Waals surface area contributed by atoms with Gasteiger partial charge in [0.15, 0.2) is 11.5 Å². The van der Waals surface area contributed by atoms with Gasteiger partial charge in [-0.3, -0.25) is 4.79 Å². The molecule has 1 amide bonds. The third-order valence-electron chi connectivity index (χ3n) is 3.21. The average Bonchev–Trinajstić information content (AvgIpc) is 2.55. The number of rotatable bonds is 9. The van der Waals surface area contributed by atoms with E-state index in [0.29, 0.717) is 30.2 Å². The highest BCUT2D eigenvalue weighted by molar-refractivity contribution is 7.98. The first-order chi connectivity index (χ1) is 10.6. The highest BCUT2D eigenvalue weighted by Crippen LogP contribution is 2.39. The van der Waals surface area contributed by atoms with Crippen LogP contribution in [0.4, 0.5) is 0 Å². The van der Waals surface area contributed by atoms with Crippen LogP contribution in [0.25, 0.3) is 0 Å². The molecule has 132 valence electrons. The minimum Gasteiger partial charge on any atom is -0.493 e. The zero-order valence-corrected chi connectivity index (χ0v) is 15.5. The molecule has 3 N–H and O–H groups in total. The summed E-state index contributed by atoms with van der Waals surface area (Å²) in [5.74, 6) is 2.30. The van der Waals surface area contributed by atoms with Gasteiger partial charge in [-0.15, -0.1) is 12.4 Å². The van der Waals surface area contributed by atoms with Crippen molar-refractivity contribution < 1.29 is 19.0 Å². The van der Waals surface area contributed by atoms with Crippen LogP contribution in [-0.4, -0.2) is 45.3 Å². The van der Waals surface area contributed by atoms with Gasteiger partial charge in [0, 0.05) is 12.1 Å². The molecule has 1 aromatic rings. The van der Waals surface area contributed by atoms with E-state index >= 15 is 0 Å². The third-order valence-corrected chi connectivity index (χ3v) is 3.85. The number of carbonyl (C=O) groups excluding carboxylic acids is 1. The van der Waals surface area contributed by atoms with E-state index in [1.807, 2.05) is 12.3 Å². The molecule has 0 radical (unpaired) electrons. The fourth-order valence-corrected chi connectivity index (χ4v) is 2.48. The number of amides is 1. The molecule has 1 atom stereocenters. The monoisotopic (exact) mass is 364 g/mol. The molecule has 0 aliphatic rings. The number of benzene rings is 1. The number of hydrogen-bond acceptors (Lipinski definition) is 6. The molecule has 0 aromatic heterocycles. The summed E-state index contributed by atoms with van der Waals surface area (Å²) in [6.45, 7) is 0.315. The largest absolute Gasteiger partial charge is 0.493 e. The number of ether oxygens (including phenoxy) is 3. The first-order valence-electron chi connectivity index (χ1n) is 6.89. The predicted octanol–water partition coefficient (Wildman–Crippen LogP) is 1.83. The second kappa shape index (κ2) is 11.3. The van der Waals surface area contributed by atoms with Crippen LogP contribution < -0.4 is 25.3 Å². The van der Waals surface area contributed by atoms with E-state index in [4.69, 9.17) is 19.9 Å². The summed E-state index contributed by atoms with van der Waals surface area (Å²) >= 11 is 1.67. The molecule has 0 saturated heterocycles. The second-order valence-electron chi connectivity index (χ2n) is 4.60. The van der Waals surface area contributed by atoms with Gasteiger partial charge in [0.25, 0.3) is 0 Å². The Morgan fingerprint density at radius 2 is 1.87 bits per heavy atom. The van der Waals surface area contributed by atoms with E-state index in [1.165, 1.54) is 0 Å². The third kappa shape index (κ3) is 6.01. The number of carbonyl (C=O) groups is 1. The van der Waals surface area contributed by atoms with Crippen molar-refractivity contribution in [3.8, 4) is 17.2 Å². The Labute approximate surface area is 147 Å². The fraction of sp³-hybridized carbons (Fsp3) is 0.533. The Morgan fingerprint density at radius 1 is 1.22 bits per heavy atom. The Balaban J connectivity index is 0.00000484. The lowest BCUT2D eigenvalue weighted by molar-refractivity contribution is -0.122. The number of nitrogens with one attached hydrogen (secondary N) is 1. The van der Waals surface area contributed by atoms with Crippen molar-refractivity contribution >= 4 is 30.1 Å². The fourth-order valence-electron chi connectivity index (χ4n) is 1.99. The van der Waals surface area contributed by atoms with Gasteiger partial charge in [0.05, 0.1) is 27.4 Å². The predicted molar refractivity (Wildman–Crippen MR) is 96.2 cm³/mol. The zero-order valence-electron chi connectivity index (χ0n) is 13.9. The van der Waals surface area contributed by atoms with Gasteiger partial charge in [-0.25, -0.2) is 0 Å². The Bertz CT molecular complexity index is 503. The maximum Gasteiger partial charge on any atom is 0.237 e. The molecule has 0 aliphatic carbocycles. The average molecular weight is 365 g/mol. The first kappa shape index (κ1) is 21.7. The van der Waals surface area contributed by atoms with Crippen molar-refractivity contribution in [2.45, 2.75) is 19.0 Å². The molecule has 23 heavy (non-hydrogen) atoms. The Morgan fingerprint density at radius 3 is 2.39 bits per heavy atom. The highest BCUT2D eigenvalue weighted by atomic mass is 35.5. The van der Waals surface area contributed by atoms with Crippen LogP contribution in [0, 0.1) is 0 Å². The summed E-state index contributed by atoms with van der Waals surface area (Å²) in [7, 11) is 4.65. The minimum absolute atomic E-state index is 0. The highest BCUT2D eigenvalue weighted by Gasteiger charge is 2.17. The van der Waals surface area contributed by atoms with E-state index in [-0.39, 0.29) is 18.3 Å². The van der Waals surface area contributed by atoms with E-state index in [9.17, 15) is 4.79 Å². The summed E-state index contributed by atoms with van der Waals surface area (Å²) in [4.78, 5) is 12.0. The topological polar surface area (TPSA) is 82.8 Å². The van der Waals surface area contributed by atoms with Crippen molar-refractivity contribution in [3.05, 3.63) is 17.7 Å². The number of nitrogens with two attached hydrogens (primary N) is 1. The lowest BCUT2D eigenvalue weighted by atomic mass is 10.1. The summed E-state index contributed by atoms with van der Waals surface area (Å²) in [5, 5.41) is 2.82. The molecule has 1 rings (SSSR count). The van der Waals surface area contributed by atoms with Crippen LogP contribution in [0.3, 0.4) is 0 Å². The van der Waals surface area contributed by atoms with Crippen LogP contribution in [0.2, 0.25) is 0 Å². The number of methoxy groups -OCH3 is 3. The van der Waals surface area contributed by atoms with Gasteiger partial charge in [-0.1, -0.05) is 0 Å². The smallest absolute Gasteiger partial charge is 0.237 e. The number of hydrogen-bond donors (Lipinski definition) is 2. The normalized spacial score (nSPS) is 11.2. The maximum atomic E-state index is 12.0. The molecule has 0 bridgehead atoms. The molecule has 0 spiro atoms. The van der Waals surface area contributed by atoms with Crippen molar-refractivity contribution in [1.82, 2.24) is 5.32 Å². The van der Waals surface area contributed by atoms with E-state index < -0.39 is 6.04 Å². The molecule has 8 heteroatoms. The van der Waals surface area contributed by atoms with E-state index in [1.54, 1.807) is 39.2 Å². The first-order valence-corrected chi connectivity index (χ1v) is 8.28. The maximum absolute atomic E-state index is 12.0. The van der Waals surface area contributed by atoms with Crippen LogP contribution in [-0.2, 0) is 11.3 Å². The molecular weight excluding hydrogens is 340 g/mol. The number of thioether (sulfide) groups is 1. The van der Waals surface area contributed by atoms with Gasteiger partial charge in [0.2, 0.25) is 11.7 Å². The standard InChI is InChI=1S/C15H24N2O4S.ClH/c1-19-12-6-5-10(13(20-2)14(12)21-3)9-17-15(18)11(16)7-8-22-4;/h5-6,11H,7-9,16H2,1-4H3,(H,17,18);1H/t11-;/m0./s1. The molecule has 0 heterocycles. The molecular formula is C15H25ClN2O4S. The summed E-state index contributed by atoms with van der Waals surface area (Å²) in [6, 6.07) is 3.10. The molecule has 6 nitrogen and oxygen atoms in total. The van der Waals surface area contributed by atoms with Gasteiger partial charge in [0.1, 0.15) is 0 Å². The van der Waals surface area contributed by atoms with Crippen molar-refractivity contribution in [2.24, 2.45) is 5.73 Å². The lowest BCUT2D eigenvalue weighted by Gasteiger charge is -2.17. The molecule has 0 saturated carbocycles. The molecule has 1 aromatic carbocycles. The minimum atomic E-state index is -0.501. The summed E-state index contributed by atoms with van der Waals surface area (Å²) in [5.41, 5.74) is 6.64. The molecule has 0 aliphatic heterocycles. The van der Waals surface area contributed by atoms with Crippen molar-refractivity contribution in [2.75, 3.05) is 33.3 Å². The second-order valence-corrected chi connectivity index (χ2v) is 5.58. The zero-order chi connectivity index (χ0) is 16.5. The summed E-state index contributed by atoms with van der Waals surface area (Å²) < 4.78 is 15.9. The van der Waals surface area contributed by atoms with E-state index in [2.05, 4.69) is 5.32 Å². The molecule has 0 fully saturated rings. The van der Waals surface area contributed by atoms with Gasteiger partial charge >= 0.3 is 0 Å². The van der Waals surface area contributed by atoms with Gasteiger partial charge in [-0.05, 0) is 30.6 Å². The summed E-state index contributed by atoms with van der Waals surface area (Å²) in [6.07, 6.45) is 2.63. The quantitative estimate of drug-likeness (QED) is 0.695. The van der Waals surface area contributed by atoms with Crippen LogP contribution in [0.15, 0.2) is 12.1 Å². The van der Waals surface area contributed by atoms with Crippen LogP contribution in [0.1, 0.15) is 12.0 Å². The Hall–Kier alpha value is -1.31. The Kier molecular flexibility index (Phi) is 10.6. The SMILES string of the molecule is COc1ccc(CNC(=O)[C@@H](N)CCSC)c(OC)c1OC.Cl. The van der Waals surface area contributed by atoms with Crippen molar-refractivity contribution in [1.29, 1.82) is 0 Å². The van der Waals surface area contributed by atoms with Gasteiger partial charge in [-0.2, -0.15) is 11.8 Å². The van der Waals surface area contributed by atoms with Crippen LogP contribution in [0.5, 0.6) is 17.2 Å². The van der Waals surface area contributed by atoms with Crippen LogP contribution >= 0.6 is 24.2 Å². The van der Waals surface area contributed by atoms with Gasteiger partial charge < -0.3 is 25.3 Å². The van der Waals surface area contributed by atoms with E-state index in [0.717, 1.165) is 11.3 Å². The lowest BCUT2D eigenvalue weighted by Crippen LogP contribution is -2.40.